The molecule has 0 spiro atoms. The third-order valence-corrected chi connectivity index (χ3v) is 3.42. The zero-order valence-electron chi connectivity index (χ0n) is 9.73. The third-order valence-electron chi connectivity index (χ3n) is 2.70. The standard InChI is InChI=1S/C14H12BrFO2/c1-18-9-6-7-11(13(16)8-9)14(17)10-4-2-3-5-12(10)15/h2-8,14,17H,1H3. The number of rotatable bonds is 3. The molecule has 0 aliphatic rings. The van der Waals surface area contributed by atoms with Crippen LogP contribution in [0.15, 0.2) is 46.9 Å². The first-order chi connectivity index (χ1) is 8.63. The highest BCUT2D eigenvalue weighted by Gasteiger charge is 2.17. The van der Waals surface area contributed by atoms with Gasteiger partial charge in [0.05, 0.1) is 7.11 Å². The highest BCUT2D eigenvalue weighted by atomic mass is 79.9. The molecule has 0 radical (unpaired) electrons. The summed E-state index contributed by atoms with van der Waals surface area (Å²) in [7, 11) is 1.47. The predicted molar refractivity (Wildman–Crippen MR) is 71.2 cm³/mol. The summed E-state index contributed by atoms with van der Waals surface area (Å²) in [4.78, 5) is 0. The molecule has 1 atom stereocenters. The normalized spacial score (nSPS) is 12.2. The first kappa shape index (κ1) is 13.1. The topological polar surface area (TPSA) is 29.5 Å². The van der Waals surface area contributed by atoms with Crippen molar-refractivity contribution in [3.63, 3.8) is 0 Å². The summed E-state index contributed by atoms with van der Waals surface area (Å²) in [6, 6.07) is 11.6. The highest BCUT2D eigenvalue weighted by Crippen LogP contribution is 2.31. The van der Waals surface area contributed by atoms with Gasteiger partial charge in [-0.25, -0.2) is 4.39 Å². The van der Waals surface area contributed by atoms with Gasteiger partial charge < -0.3 is 9.84 Å². The van der Waals surface area contributed by atoms with Crippen LogP contribution in [0.2, 0.25) is 0 Å². The van der Waals surface area contributed by atoms with Crippen molar-refractivity contribution in [2.24, 2.45) is 0 Å². The van der Waals surface area contributed by atoms with Gasteiger partial charge in [0, 0.05) is 16.1 Å². The maximum atomic E-state index is 13.8. The first-order valence-electron chi connectivity index (χ1n) is 5.39. The van der Waals surface area contributed by atoms with Crippen LogP contribution in [0.4, 0.5) is 4.39 Å². The van der Waals surface area contributed by atoms with Gasteiger partial charge in [0.2, 0.25) is 0 Å². The lowest BCUT2D eigenvalue weighted by Gasteiger charge is -2.14. The van der Waals surface area contributed by atoms with Crippen molar-refractivity contribution in [2.45, 2.75) is 6.10 Å². The van der Waals surface area contributed by atoms with Crippen LogP contribution < -0.4 is 4.74 Å². The molecule has 2 nitrogen and oxygen atoms in total. The molecule has 0 amide bonds. The largest absolute Gasteiger partial charge is 0.497 e. The van der Waals surface area contributed by atoms with E-state index in [-0.39, 0.29) is 5.56 Å². The molecule has 0 aliphatic carbocycles. The maximum absolute atomic E-state index is 13.8. The van der Waals surface area contributed by atoms with Gasteiger partial charge >= 0.3 is 0 Å². The second-order valence-electron chi connectivity index (χ2n) is 3.81. The summed E-state index contributed by atoms with van der Waals surface area (Å²) >= 11 is 3.34. The number of hydrogen-bond acceptors (Lipinski definition) is 2. The molecule has 1 N–H and O–H groups in total. The molecule has 4 heteroatoms. The molecule has 18 heavy (non-hydrogen) atoms. The summed E-state index contributed by atoms with van der Waals surface area (Å²) in [5.74, 6) is -0.0619. The van der Waals surface area contributed by atoms with Crippen molar-refractivity contribution >= 4 is 15.9 Å². The first-order valence-corrected chi connectivity index (χ1v) is 6.18. The van der Waals surface area contributed by atoms with E-state index < -0.39 is 11.9 Å². The fourth-order valence-electron chi connectivity index (χ4n) is 1.72. The maximum Gasteiger partial charge on any atom is 0.133 e. The summed E-state index contributed by atoms with van der Waals surface area (Å²) in [5, 5.41) is 10.2. The Morgan fingerprint density at radius 1 is 1.17 bits per heavy atom. The van der Waals surface area contributed by atoms with Crippen molar-refractivity contribution in [3.8, 4) is 5.75 Å². The van der Waals surface area contributed by atoms with Crippen molar-refractivity contribution in [1.29, 1.82) is 0 Å². The molecule has 0 aliphatic heterocycles. The van der Waals surface area contributed by atoms with E-state index in [9.17, 15) is 9.50 Å². The van der Waals surface area contributed by atoms with Gasteiger partial charge in [-0.1, -0.05) is 34.1 Å². The number of methoxy groups -OCH3 is 1. The summed E-state index contributed by atoms with van der Waals surface area (Å²) in [5.41, 5.74) is 0.851. The molecule has 2 rings (SSSR count). The van der Waals surface area contributed by atoms with Crippen molar-refractivity contribution in [3.05, 3.63) is 63.9 Å². The lowest BCUT2D eigenvalue weighted by Crippen LogP contribution is -2.03. The molecular formula is C14H12BrFO2. The third kappa shape index (κ3) is 2.54. The second kappa shape index (κ2) is 5.50. The molecule has 2 aromatic carbocycles. The average Bonchev–Trinajstić information content (AvgIpc) is 2.38. The molecule has 2 aromatic rings. The lowest BCUT2D eigenvalue weighted by atomic mass is 10.0. The fourth-order valence-corrected chi connectivity index (χ4v) is 2.22. The molecule has 0 bridgehead atoms. The van der Waals surface area contributed by atoms with Gasteiger partial charge in [0.25, 0.3) is 0 Å². The van der Waals surface area contributed by atoms with E-state index in [1.54, 1.807) is 24.3 Å². The van der Waals surface area contributed by atoms with Gasteiger partial charge in [-0.2, -0.15) is 0 Å². The van der Waals surface area contributed by atoms with E-state index >= 15 is 0 Å². The van der Waals surface area contributed by atoms with Crippen LogP contribution in [0.1, 0.15) is 17.2 Å². The van der Waals surface area contributed by atoms with E-state index in [0.717, 1.165) is 4.47 Å². The SMILES string of the molecule is COc1ccc(C(O)c2ccccc2Br)c(F)c1. The summed E-state index contributed by atoms with van der Waals surface area (Å²) < 4.78 is 19.5. The minimum absolute atomic E-state index is 0.225. The molecular weight excluding hydrogens is 299 g/mol. The van der Waals surface area contributed by atoms with E-state index in [4.69, 9.17) is 4.74 Å². The van der Waals surface area contributed by atoms with E-state index in [0.29, 0.717) is 11.3 Å². The zero-order chi connectivity index (χ0) is 13.1. The van der Waals surface area contributed by atoms with Crippen molar-refractivity contribution < 1.29 is 14.2 Å². The van der Waals surface area contributed by atoms with Crippen molar-refractivity contribution in [1.82, 2.24) is 0 Å². The molecule has 0 saturated heterocycles. The molecule has 0 aromatic heterocycles. The Morgan fingerprint density at radius 2 is 1.89 bits per heavy atom. The summed E-state index contributed by atoms with van der Waals surface area (Å²) in [6.07, 6.45) is -1.01. The second-order valence-corrected chi connectivity index (χ2v) is 4.67. The van der Waals surface area contributed by atoms with Crippen LogP contribution in [0.5, 0.6) is 5.75 Å². The minimum atomic E-state index is -1.01. The number of hydrogen-bond donors (Lipinski definition) is 1. The Morgan fingerprint density at radius 3 is 2.50 bits per heavy atom. The van der Waals surface area contributed by atoms with Crippen LogP contribution >= 0.6 is 15.9 Å². The van der Waals surface area contributed by atoms with Crippen LogP contribution in [0, 0.1) is 5.82 Å². The Kier molecular flexibility index (Phi) is 3.99. The smallest absolute Gasteiger partial charge is 0.133 e. The van der Waals surface area contributed by atoms with Gasteiger partial charge in [-0.05, 0) is 23.8 Å². The Hall–Kier alpha value is -1.39. The number of aliphatic hydroxyl groups excluding tert-OH is 1. The van der Waals surface area contributed by atoms with E-state index in [1.165, 1.54) is 19.2 Å². The molecule has 0 saturated carbocycles. The number of ether oxygens (including phenoxy) is 1. The lowest BCUT2D eigenvalue weighted by molar-refractivity contribution is 0.214. The molecule has 0 fully saturated rings. The molecule has 0 heterocycles. The van der Waals surface area contributed by atoms with Crippen LogP contribution in [-0.4, -0.2) is 12.2 Å². The van der Waals surface area contributed by atoms with Crippen LogP contribution in [0.3, 0.4) is 0 Å². The Labute approximate surface area is 113 Å². The van der Waals surface area contributed by atoms with Gasteiger partial charge in [-0.3, -0.25) is 0 Å². The van der Waals surface area contributed by atoms with Gasteiger partial charge in [-0.15, -0.1) is 0 Å². The van der Waals surface area contributed by atoms with Crippen molar-refractivity contribution in [2.75, 3.05) is 7.11 Å². The number of aliphatic hydroxyl groups is 1. The van der Waals surface area contributed by atoms with Crippen LogP contribution in [0.25, 0.3) is 0 Å². The monoisotopic (exact) mass is 310 g/mol. The molecule has 1 unspecified atom stereocenters. The van der Waals surface area contributed by atoms with Gasteiger partial charge in [0.1, 0.15) is 17.7 Å². The van der Waals surface area contributed by atoms with E-state index in [2.05, 4.69) is 15.9 Å². The number of benzene rings is 2. The fraction of sp³-hybridized carbons (Fsp3) is 0.143. The molecule has 94 valence electrons. The Bertz CT molecular complexity index is 557. The Balaban J connectivity index is 2.40. The van der Waals surface area contributed by atoms with Gasteiger partial charge in [0.15, 0.2) is 0 Å². The average molecular weight is 311 g/mol. The number of halogens is 2. The van der Waals surface area contributed by atoms with Crippen LogP contribution in [-0.2, 0) is 0 Å². The zero-order valence-corrected chi connectivity index (χ0v) is 11.3. The van der Waals surface area contributed by atoms with E-state index in [1.807, 2.05) is 6.07 Å². The predicted octanol–water partition coefficient (Wildman–Crippen LogP) is 3.68. The quantitative estimate of drug-likeness (QED) is 0.937. The summed E-state index contributed by atoms with van der Waals surface area (Å²) in [6.45, 7) is 0. The minimum Gasteiger partial charge on any atom is -0.497 e. The highest BCUT2D eigenvalue weighted by molar-refractivity contribution is 9.10.